The molecular weight excluding hydrogens is 438 g/mol. The summed E-state index contributed by atoms with van der Waals surface area (Å²) in [6, 6.07) is 13.3. The highest BCUT2D eigenvalue weighted by Gasteiger charge is 2.19. The second-order valence-corrected chi connectivity index (χ2v) is 8.92. The topological polar surface area (TPSA) is 32.7 Å². The first kappa shape index (κ1) is 21.4. The van der Waals surface area contributed by atoms with Crippen LogP contribution < -0.4 is 4.74 Å². The van der Waals surface area contributed by atoms with E-state index < -0.39 is 6.10 Å². The SMILES string of the molecule is CC(C)CN1CC=C(c2cccc(Br)c2OC[C@H](O)c2ccc(Cl)cc2)CC1. The smallest absolute Gasteiger partial charge is 0.141 e. The Morgan fingerprint density at radius 1 is 1.18 bits per heavy atom. The summed E-state index contributed by atoms with van der Waals surface area (Å²) in [6.07, 6.45) is 2.59. The van der Waals surface area contributed by atoms with Gasteiger partial charge in [0.2, 0.25) is 0 Å². The summed E-state index contributed by atoms with van der Waals surface area (Å²) >= 11 is 9.54. The number of aliphatic hydroxyl groups excluding tert-OH is 1. The van der Waals surface area contributed by atoms with Gasteiger partial charge < -0.3 is 9.84 Å². The number of aliphatic hydroxyl groups is 1. The zero-order chi connectivity index (χ0) is 20.1. The zero-order valence-electron chi connectivity index (χ0n) is 16.4. The van der Waals surface area contributed by atoms with Gasteiger partial charge in [-0.2, -0.15) is 0 Å². The van der Waals surface area contributed by atoms with E-state index in [1.807, 2.05) is 24.3 Å². The first-order valence-electron chi connectivity index (χ1n) is 9.70. The van der Waals surface area contributed by atoms with E-state index in [4.69, 9.17) is 16.3 Å². The van der Waals surface area contributed by atoms with Crippen LogP contribution in [-0.2, 0) is 0 Å². The quantitative estimate of drug-likeness (QED) is 0.549. The maximum Gasteiger partial charge on any atom is 0.141 e. The average Bonchev–Trinajstić information content (AvgIpc) is 2.67. The Kier molecular flexibility index (Phi) is 7.58. The van der Waals surface area contributed by atoms with Gasteiger partial charge in [0, 0.05) is 30.2 Å². The lowest BCUT2D eigenvalue weighted by atomic mass is 9.98. The van der Waals surface area contributed by atoms with Crippen molar-refractivity contribution in [2.24, 2.45) is 5.92 Å². The second-order valence-electron chi connectivity index (χ2n) is 7.63. The summed E-state index contributed by atoms with van der Waals surface area (Å²) in [7, 11) is 0. The van der Waals surface area contributed by atoms with Gasteiger partial charge in [0.25, 0.3) is 0 Å². The van der Waals surface area contributed by atoms with E-state index in [0.717, 1.165) is 47.4 Å². The number of ether oxygens (including phenoxy) is 1. The third-order valence-electron chi connectivity index (χ3n) is 4.87. The van der Waals surface area contributed by atoms with Crippen molar-refractivity contribution in [2.75, 3.05) is 26.2 Å². The molecule has 2 aromatic rings. The third-order valence-corrected chi connectivity index (χ3v) is 5.75. The molecular formula is C23H27BrClNO2. The lowest BCUT2D eigenvalue weighted by Crippen LogP contribution is -2.31. The van der Waals surface area contributed by atoms with Crippen molar-refractivity contribution in [1.82, 2.24) is 4.90 Å². The van der Waals surface area contributed by atoms with Gasteiger partial charge in [0.15, 0.2) is 0 Å². The molecule has 0 saturated carbocycles. The second kappa shape index (κ2) is 9.93. The molecule has 0 unspecified atom stereocenters. The molecule has 0 amide bonds. The fourth-order valence-electron chi connectivity index (χ4n) is 3.49. The van der Waals surface area contributed by atoms with Gasteiger partial charge in [0.1, 0.15) is 18.5 Å². The molecule has 0 fully saturated rings. The van der Waals surface area contributed by atoms with E-state index in [-0.39, 0.29) is 6.61 Å². The van der Waals surface area contributed by atoms with Gasteiger partial charge in [-0.15, -0.1) is 0 Å². The molecule has 0 bridgehead atoms. The summed E-state index contributed by atoms with van der Waals surface area (Å²) in [5.74, 6) is 1.47. The van der Waals surface area contributed by atoms with Crippen LogP contribution in [0.2, 0.25) is 5.02 Å². The Labute approximate surface area is 181 Å². The predicted molar refractivity (Wildman–Crippen MR) is 120 cm³/mol. The van der Waals surface area contributed by atoms with Gasteiger partial charge in [-0.25, -0.2) is 0 Å². The molecule has 5 heteroatoms. The first-order valence-corrected chi connectivity index (χ1v) is 10.9. The van der Waals surface area contributed by atoms with Crippen LogP contribution in [-0.4, -0.2) is 36.2 Å². The zero-order valence-corrected chi connectivity index (χ0v) is 18.7. The summed E-state index contributed by atoms with van der Waals surface area (Å²) < 4.78 is 6.98. The average molecular weight is 465 g/mol. The molecule has 0 spiro atoms. The largest absolute Gasteiger partial charge is 0.489 e. The fraction of sp³-hybridized carbons (Fsp3) is 0.391. The molecule has 1 atom stereocenters. The third kappa shape index (κ3) is 5.60. The van der Waals surface area contributed by atoms with E-state index in [0.29, 0.717) is 10.9 Å². The van der Waals surface area contributed by atoms with Crippen LogP contribution in [0, 0.1) is 5.92 Å². The summed E-state index contributed by atoms with van der Waals surface area (Å²) in [6.45, 7) is 7.84. The van der Waals surface area contributed by atoms with E-state index in [9.17, 15) is 5.11 Å². The van der Waals surface area contributed by atoms with Gasteiger partial charge in [-0.3, -0.25) is 4.90 Å². The molecule has 3 rings (SSSR count). The van der Waals surface area contributed by atoms with Crippen LogP contribution in [0.4, 0.5) is 0 Å². The van der Waals surface area contributed by atoms with Crippen molar-refractivity contribution in [2.45, 2.75) is 26.4 Å². The lowest BCUT2D eigenvalue weighted by molar-refractivity contribution is 0.107. The van der Waals surface area contributed by atoms with Crippen molar-refractivity contribution in [3.8, 4) is 5.75 Å². The summed E-state index contributed by atoms with van der Waals surface area (Å²) in [4.78, 5) is 2.48. The minimum Gasteiger partial charge on any atom is -0.489 e. The minimum atomic E-state index is -0.709. The molecule has 1 N–H and O–H groups in total. The number of benzene rings is 2. The molecule has 150 valence electrons. The number of hydrogen-bond donors (Lipinski definition) is 1. The molecule has 1 heterocycles. The normalized spacial score (nSPS) is 16.1. The molecule has 0 saturated heterocycles. The van der Waals surface area contributed by atoms with Gasteiger partial charge in [-0.1, -0.05) is 55.8 Å². The number of hydrogen-bond acceptors (Lipinski definition) is 3. The van der Waals surface area contributed by atoms with Gasteiger partial charge >= 0.3 is 0 Å². The van der Waals surface area contributed by atoms with E-state index in [1.165, 1.54) is 5.57 Å². The van der Waals surface area contributed by atoms with Crippen LogP contribution in [0.5, 0.6) is 5.75 Å². The highest BCUT2D eigenvalue weighted by atomic mass is 79.9. The van der Waals surface area contributed by atoms with Crippen LogP contribution >= 0.6 is 27.5 Å². The Morgan fingerprint density at radius 3 is 2.57 bits per heavy atom. The molecule has 3 nitrogen and oxygen atoms in total. The van der Waals surface area contributed by atoms with Crippen LogP contribution in [0.25, 0.3) is 5.57 Å². The first-order chi connectivity index (χ1) is 13.4. The number of para-hydroxylation sites is 1. The van der Waals surface area contributed by atoms with E-state index in [2.05, 4.69) is 46.8 Å². The molecule has 0 aliphatic carbocycles. The number of nitrogens with zero attached hydrogens (tertiary/aromatic N) is 1. The van der Waals surface area contributed by atoms with Crippen LogP contribution in [0.1, 0.15) is 37.5 Å². The summed E-state index contributed by atoms with van der Waals surface area (Å²) in [5.41, 5.74) is 3.19. The van der Waals surface area contributed by atoms with Gasteiger partial charge in [0.05, 0.1) is 4.47 Å². The van der Waals surface area contributed by atoms with Crippen molar-refractivity contribution >= 4 is 33.1 Å². The molecule has 28 heavy (non-hydrogen) atoms. The molecule has 0 radical (unpaired) electrons. The Hall–Kier alpha value is -1.33. The molecule has 0 aromatic heterocycles. The maximum atomic E-state index is 10.5. The lowest BCUT2D eigenvalue weighted by Gasteiger charge is -2.28. The molecule has 2 aromatic carbocycles. The van der Waals surface area contributed by atoms with E-state index >= 15 is 0 Å². The summed E-state index contributed by atoms with van der Waals surface area (Å²) in [5, 5.41) is 11.1. The number of halogens is 2. The van der Waals surface area contributed by atoms with Gasteiger partial charge in [-0.05, 0) is 57.6 Å². The molecule has 1 aliphatic rings. The molecule has 1 aliphatic heterocycles. The maximum absolute atomic E-state index is 10.5. The standard InChI is InChI=1S/C23H27BrClNO2/c1-16(2)14-26-12-10-17(11-13-26)20-4-3-5-21(24)23(20)28-15-22(27)18-6-8-19(25)9-7-18/h3-10,16,22,27H,11-15H2,1-2H3/t22-/m0/s1. The van der Waals surface area contributed by atoms with Crippen molar-refractivity contribution in [3.63, 3.8) is 0 Å². The number of rotatable bonds is 7. The Balaban J connectivity index is 1.72. The monoisotopic (exact) mass is 463 g/mol. The minimum absolute atomic E-state index is 0.185. The Bertz CT molecular complexity index is 820. The highest BCUT2D eigenvalue weighted by molar-refractivity contribution is 9.10. The highest BCUT2D eigenvalue weighted by Crippen LogP contribution is 2.36. The van der Waals surface area contributed by atoms with Crippen LogP contribution in [0.3, 0.4) is 0 Å². The van der Waals surface area contributed by atoms with E-state index in [1.54, 1.807) is 12.1 Å². The van der Waals surface area contributed by atoms with Crippen LogP contribution in [0.15, 0.2) is 53.0 Å². The van der Waals surface area contributed by atoms with Crippen molar-refractivity contribution in [1.29, 1.82) is 0 Å². The predicted octanol–water partition coefficient (Wildman–Crippen LogP) is 5.96. The fourth-order valence-corrected chi connectivity index (χ4v) is 4.10. The Morgan fingerprint density at radius 2 is 1.93 bits per heavy atom. The van der Waals surface area contributed by atoms with Crippen molar-refractivity contribution in [3.05, 3.63) is 69.2 Å². The van der Waals surface area contributed by atoms with Crippen molar-refractivity contribution < 1.29 is 9.84 Å².